The number of aryl methyl sites for hydroxylation is 2. The SMILES string of the molecule is COc1ccc(CSCC(=O)Nc2c(C)cccc2C)cc1[N+](=O)[O-]. The fourth-order valence-corrected chi connectivity index (χ4v) is 3.19. The third-order valence-electron chi connectivity index (χ3n) is 3.69. The molecule has 0 saturated heterocycles. The molecule has 0 fully saturated rings. The maximum Gasteiger partial charge on any atom is 0.311 e. The molecule has 0 aromatic heterocycles. The number of ether oxygens (including phenoxy) is 1. The van der Waals surface area contributed by atoms with E-state index in [1.807, 2.05) is 32.0 Å². The highest BCUT2D eigenvalue weighted by atomic mass is 32.2. The van der Waals surface area contributed by atoms with Crippen molar-refractivity contribution in [1.29, 1.82) is 0 Å². The summed E-state index contributed by atoms with van der Waals surface area (Å²) >= 11 is 1.40. The fourth-order valence-electron chi connectivity index (χ4n) is 2.42. The highest BCUT2D eigenvalue weighted by Crippen LogP contribution is 2.29. The quantitative estimate of drug-likeness (QED) is 0.594. The Morgan fingerprint density at radius 1 is 1.24 bits per heavy atom. The van der Waals surface area contributed by atoms with E-state index in [0.717, 1.165) is 22.4 Å². The standard InChI is InChI=1S/C18H20N2O4S/c1-12-5-4-6-13(2)18(12)19-17(21)11-25-10-14-7-8-16(24-3)15(9-14)20(22)23/h4-9H,10-11H2,1-3H3,(H,19,21). The molecule has 0 radical (unpaired) electrons. The first-order chi connectivity index (χ1) is 11.9. The molecule has 2 rings (SSSR count). The minimum atomic E-state index is -0.472. The second-order valence-corrected chi connectivity index (χ2v) is 6.56. The molecular formula is C18H20N2O4S. The van der Waals surface area contributed by atoms with Gasteiger partial charge in [0.25, 0.3) is 0 Å². The van der Waals surface area contributed by atoms with Crippen molar-refractivity contribution in [3.63, 3.8) is 0 Å². The van der Waals surface area contributed by atoms with Crippen molar-refractivity contribution >= 4 is 29.0 Å². The maximum absolute atomic E-state index is 12.1. The van der Waals surface area contributed by atoms with Crippen molar-refractivity contribution in [2.24, 2.45) is 0 Å². The molecule has 1 N–H and O–H groups in total. The van der Waals surface area contributed by atoms with Gasteiger partial charge in [-0.25, -0.2) is 0 Å². The van der Waals surface area contributed by atoms with E-state index in [1.54, 1.807) is 12.1 Å². The van der Waals surface area contributed by atoms with Crippen LogP contribution >= 0.6 is 11.8 Å². The van der Waals surface area contributed by atoms with Gasteiger partial charge in [0, 0.05) is 17.5 Å². The Morgan fingerprint density at radius 2 is 1.92 bits per heavy atom. The molecule has 0 atom stereocenters. The van der Waals surface area contributed by atoms with Crippen LogP contribution in [0.25, 0.3) is 0 Å². The van der Waals surface area contributed by atoms with Crippen molar-refractivity contribution in [2.45, 2.75) is 19.6 Å². The number of nitro groups is 1. The number of methoxy groups -OCH3 is 1. The zero-order valence-corrected chi connectivity index (χ0v) is 15.2. The average molecular weight is 360 g/mol. The number of hydrogen-bond acceptors (Lipinski definition) is 5. The fraction of sp³-hybridized carbons (Fsp3) is 0.278. The van der Waals surface area contributed by atoms with Gasteiger partial charge < -0.3 is 10.1 Å². The number of thioether (sulfide) groups is 1. The van der Waals surface area contributed by atoms with E-state index in [-0.39, 0.29) is 23.1 Å². The first kappa shape index (κ1) is 18.8. The summed E-state index contributed by atoms with van der Waals surface area (Å²) in [6.07, 6.45) is 0. The summed E-state index contributed by atoms with van der Waals surface area (Å²) in [5, 5.41) is 14.0. The van der Waals surface area contributed by atoms with E-state index >= 15 is 0 Å². The molecule has 0 unspecified atom stereocenters. The lowest BCUT2D eigenvalue weighted by Crippen LogP contribution is -2.15. The van der Waals surface area contributed by atoms with Crippen LogP contribution < -0.4 is 10.1 Å². The summed E-state index contributed by atoms with van der Waals surface area (Å²) in [7, 11) is 1.40. The topological polar surface area (TPSA) is 81.5 Å². The third kappa shape index (κ3) is 4.96. The molecule has 6 nitrogen and oxygen atoms in total. The highest BCUT2D eigenvalue weighted by Gasteiger charge is 2.15. The first-order valence-corrected chi connectivity index (χ1v) is 8.83. The summed E-state index contributed by atoms with van der Waals surface area (Å²) < 4.78 is 4.98. The molecule has 0 bridgehead atoms. The van der Waals surface area contributed by atoms with Crippen LogP contribution in [0.15, 0.2) is 36.4 Å². The molecule has 1 amide bonds. The Hall–Kier alpha value is -2.54. The number of nitrogens with zero attached hydrogens (tertiary/aromatic N) is 1. The molecule has 2 aromatic rings. The van der Waals surface area contributed by atoms with Crippen LogP contribution in [0.5, 0.6) is 5.75 Å². The van der Waals surface area contributed by atoms with E-state index in [4.69, 9.17) is 4.74 Å². The zero-order chi connectivity index (χ0) is 18.4. The zero-order valence-electron chi connectivity index (χ0n) is 14.4. The molecule has 0 spiro atoms. The second kappa shape index (κ2) is 8.53. The number of amides is 1. The monoisotopic (exact) mass is 360 g/mol. The van der Waals surface area contributed by atoms with Gasteiger partial charge in [-0.05, 0) is 36.6 Å². The van der Waals surface area contributed by atoms with E-state index in [2.05, 4.69) is 5.32 Å². The van der Waals surface area contributed by atoms with Crippen LogP contribution in [-0.2, 0) is 10.5 Å². The molecular weight excluding hydrogens is 340 g/mol. The number of nitrogens with one attached hydrogen (secondary N) is 1. The number of carbonyl (C=O) groups is 1. The van der Waals surface area contributed by atoms with Crippen LogP contribution in [0, 0.1) is 24.0 Å². The van der Waals surface area contributed by atoms with Gasteiger partial charge in [0.15, 0.2) is 5.75 Å². The van der Waals surface area contributed by atoms with Gasteiger partial charge in [0.1, 0.15) is 0 Å². The number of rotatable bonds is 7. The number of benzene rings is 2. The predicted molar refractivity (Wildman–Crippen MR) is 100 cm³/mol. The van der Waals surface area contributed by atoms with Crippen LogP contribution in [0.2, 0.25) is 0 Å². The lowest BCUT2D eigenvalue weighted by molar-refractivity contribution is -0.385. The van der Waals surface area contributed by atoms with Gasteiger partial charge >= 0.3 is 5.69 Å². The smallest absolute Gasteiger partial charge is 0.311 e. The Bertz CT molecular complexity index is 772. The minimum absolute atomic E-state index is 0.0689. The molecule has 0 aliphatic heterocycles. The first-order valence-electron chi connectivity index (χ1n) is 7.67. The van der Waals surface area contributed by atoms with Crippen molar-refractivity contribution in [1.82, 2.24) is 0 Å². The third-order valence-corrected chi connectivity index (χ3v) is 4.69. The van der Waals surface area contributed by atoms with Crippen molar-refractivity contribution in [3.8, 4) is 5.75 Å². The largest absolute Gasteiger partial charge is 0.490 e. The number of hydrogen-bond donors (Lipinski definition) is 1. The van der Waals surface area contributed by atoms with Gasteiger partial charge in [-0.15, -0.1) is 11.8 Å². The summed E-state index contributed by atoms with van der Waals surface area (Å²) in [6, 6.07) is 10.7. The van der Waals surface area contributed by atoms with Gasteiger partial charge in [-0.3, -0.25) is 14.9 Å². The summed E-state index contributed by atoms with van der Waals surface area (Å²) in [5.74, 6) is 0.912. The van der Waals surface area contributed by atoms with Crippen molar-refractivity contribution in [3.05, 3.63) is 63.2 Å². The molecule has 0 saturated carbocycles. The van der Waals surface area contributed by atoms with Crippen LogP contribution in [0.1, 0.15) is 16.7 Å². The summed E-state index contributed by atoms with van der Waals surface area (Å²) in [5.41, 5.74) is 3.58. The van der Waals surface area contributed by atoms with Crippen LogP contribution in [-0.4, -0.2) is 23.7 Å². The predicted octanol–water partition coefficient (Wildman–Crippen LogP) is 4.09. The Labute approximate surface area is 150 Å². The molecule has 132 valence electrons. The molecule has 0 heterocycles. The van der Waals surface area contributed by atoms with E-state index in [9.17, 15) is 14.9 Å². The lowest BCUT2D eigenvalue weighted by Gasteiger charge is -2.11. The molecule has 25 heavy (non-hydrogen) atoms. The van der Waals surface area contributed by atoms with E-state index < -0.39 is 4.92 Å². The summed E-state index contributed by atoms with van der Waals surface area (Å²) in [4.78, 5) is 22.7. The van der Waals surface area contributed by atoms with E-state index in [0.29, 0.717) is 5.75 Å². The number of carbonyl (C=O) groups excluding carboxylic acids is 1. The Kier molecular flexibility index (Phi) is 6.41. The average Bonchev–Trinajstić information content (AvgIpc) is 2.58. The molecule has 0 aliphatic rings. The Morgan fingerprint density at radius 3 is 2.52 bits per heavy atom. The van der Waals surface area contributed by atoms with Gasteiger partial charge in [0.05, 0.1) is 17.8 Å². The van der Waals surface area contributed by atoms with Crippen molar-refractivity contribution in [2.75, 3.05) is 18.2 Å². The van der Waals surface area contributed by atoms with Crippen LogP contribution in [0.4, 0.5) is 11.4 Å². The highest BCUT2D eigenvalue weighted by molar-refractivity contribution is 7.99. The van der Waals surface area contributed by atoms with Gasteiger partial charge in [0.2, 0.25) is 5.91 Å². The normalized spacial score (nSPS) is 10.4. The summed E-state index contributed by atoms with van der Waals surface area (Å²) in [6.45, 7) is 3.90. The van der Waals surface area contributed by atoms with Gasteiger partial charge in [-0.2, -0.15) is 0 Å². The van der Waals surface area contributed by atoms with Gasteiger partial charge in [-0.1, -0.05) is 24.3 Å². The van der Waals surface area contributed by atoms with Crippen molar-refractivity contribution < 1.29 is 14.5 Å². The molecule has 2 aromatic carbocycles. The number of nitro benzene ring substituents is 1. The minimum Gasteiger partial charge on any atom is -0.490 e. The number of anilines is 1. The van der Waals surface area contributed by atoms with Crippen LogP contribution in [0.3, 0.4) is 0 Å². The Balaban J connectivity index is 1.93. The second-order valence-electron chi connectivity index (χ2n) is 5.57. The molecule has 0 aliphatic carbocycles. The van der Waals surface area contributed by atoms with E-state index in [1.165, 1.54) is 24.9 Å². The maximum atomic E-state index is 12.1. The lowest BCUT2D eigenvalue weighted by atomic mass is 10.1. The number of para-hydroxylation sites is 1. The molecule has 7 heteroatoms.